The lowest BCUT2D eigenvalue weighted by Crippen LogP contribution is -2.46. The molecule has 2 heterocycles. The first kappa shape index (κ1) is 23.2. The molecule has 0 fully saturated rings. The maximum absolute atomic E-state index is 13.4. The van der Waals surface area contributed by atoms with E-state index in [0.717, 1.165) is 22.4 Å². The molecule has 36 heavy (non-hydrogen) atoms. The van der Waals surface area contributed by atoms with Crippen molar-refractivity contribution in [3.8, 4) is 22.9 Å². The number of hydrogen-bond acceptors (Lipinski definition) is 6. The highest BCUT2D eigenvalue weighted by Gasteiger charge is 2.36. The van der Waals surface area contributed by atoms with E-state index in [0.29, 0.717) is 34.4 Å². The molecular weight excluding hydrogens is 456 g/mol. The first-order valence-corrected chi connectivity index (χ1v) is 11.5. The predicted octanol–water partition coefficient (Wildman–Crippen LogP) is 5.76. The van der Waals surface area contributed by atoms with Gasteiger partial charge in [-0.05, 0) is 43.7 Å². The number of hydrogen-bond donors (Lipinski definition) is 1. The Kier molecular flexibility index (Phi) is 6.16. The zero-order valence-corrected chi connectivity index (χ0v) is 20.5. The number of nitrogens with one attached hydrogen (secondary N) is 1. The van der Waals surface area contributed by atoms with Gasteiger partial charge < -0.3 is 19.3 Å². The molecule has 1 aliphatic rings. The molecule has 0 radical (unpaired) electrons. The van der Waals surface area contributed by atoms with Crippen LogP contribution in [0.4, 0.5) is 10.5 Å². The summed E-state index contributed by atoms with van der Waals surface area (Å²) in [6.45, 7) is 3.90. The van der Waals surface area contributed by atoms with Gasteiger partial charge in [-0.25, -0.2) is 4.79 Å². The summed E-state index contributed by atoms with van der Waals surface area (Å²) in [6, 6.07) is 22.0. The van der Waals surface area contributed by atoms with Crippen LogP contribution >= 0.6 is 0 Å². The molecule has 1 unspecified atom stereocenters. The van der Waals surface area contributed by atoms with Crippen LogP contribution < -0.4 is 19.7 Å². The minimum absolute atomic E-state index is 0.274. The molecule has 2 amide bonds. The number of nitrogens with zero attached hydrogens (tertiary/aromatic N) is 3. The van der Waals surface area contributed by atoms with Gasteiger partial charge in [-0.15, -0.1) is 0 Å². The molecule has 4 aromatic rings. The third kappa shape index (κ3) is 4.29. The number of amides is 2. The average molecular weight is 483 g/mol. The van der Waals surface area contributed by atoms with Crippen LogP contribution in [0.15, 0.2) is 83.0 Å². The van der Waals surface area contributed by atoms with Crippen molar-refractivity contribution in [3.05, 3.63) is 95.5 Å². The fourth-order valence-electron chi connectivity index (χ4n) is 4.28. The SMILES string of the molecule is COc1ccc(C2NC(=O)N(c3cccc(OC)c3)C(C)=C2c2nc(-c3ccc(C)cc3)no2)cc1. The second-order valence-corrected chi connectivity index (χ2v) is 8.48. The van der Waals surface area contributed by atoms with E-state index in [2.05, 4.69) is 10.5 Å². The highest BCUT2D eigenvalue weighted by Crippen LogP contribution is 2.40. The Bertz CT molecular complexity index is 1420. The number of urea groups is 1. The molecule has 8 nitrogen and oxygen atoms in total. The third-order valence-electron chi connectivity index (χ3n) is 6.21. The maximum atomic E-state index is 13.4. The Morgan fingerprint density at radius 2 is 1.64 bits per heavy atom. The highest BCUT2D eigenvalue weighted by atomic mass is 16.5. The largest absolute Gasteiger partial charge is 0.497 e. The monoisotopic (exact) mass is 482 g/mol. The molecule has 1 aliphatic heterocycles. The summed E-state index contributed by atoms with van der Waals surface area (Å²) in [5.41, 5.74) is 4.89. The zero-order chi connectivity index (χ0) is 25.2. The van der Waals surface area contributed by atoms with Crippen LogP contribution in [0.1, 0.15) is 30.0 Å². The molecular formula is C28H26N4O4. The van der Waals surface area contributed by atoms with Crippen LogP contribution in [0, 0.1) is 6.92 Å². The van der Waals surface area contributed by atoms with Crippen LogP contribution in [-0.4, -0.2) is 30.4 Å². The highest BCUT2D eigenvalue weighted by molar-refractivity contribution is 6.01. The smallest absolute Gasteiger partial charge is 0.327 e. The normalized spacial score (nSPS) is 15.6. The molecule has 0 saturated heterocycles. The Balaban J connectivity index is 1.64. The molecule has 0 aliphatic carbocycles. The first-order chi connectivity index (χ1) is 17.5. The number of benzene rings is 3. The van der Waals surface area contributed by atoms with Gasteiger partial charge in [-0.3, -0.25) is 4.90 Å². The van der Waals surface area contributed by atoms with E-state index in [1.54, 1.807) is 25.2 Å². The Hall–Kier alpha value is -4.59. The van der Waals surface area contributed by atoms with Crippen molar-refractivity contribution in [2.24, 2.45) is 0 Å². The predicted molar refractivity (Wildman–Crippen MR) is 137 cm³/mol. The first-order valence-electron chi connectivity index (χ1n) is 11.5. The number of aryl methyl sites for hydroxylation is 1. The Morgan fingerprint density at radius 1 is 0.917 bits per heavy atom. The van der Waals surface area contributed by atoms with Gasteiger partial charge in [0.15, 0.2) is 0 Å². The topological polar surface area (TPSA) is 89.7 Å². The van der Waals surface area contributed by atoms with E-state index < -0.39 is 6.04 Å². The van der Waals surface area contributed by atoms with Gasteiger partial charge in [0.25, 0.3) is 5.89 Å². The number of carbonyl (C=O) groups is 1. The van der Waals surface area contributed by atoms with Crippen molar-refractivity contribution in [1.29, 1.82) is 0 Å². The summed E-state index contributed by atoms with van der Waals surface area (Å²) in [4.78, 5) is 19.7. The summed E-state index contributed by atoms with van der Waals surface area (Å²) < 4.78 is 16.5. The molecule has 1 aromatic heterocycles. The number of rotatable bonds is 6. The number of aromatic nitrogens is 2. The standard InChI is InChI=1S/C28H26N4O4/c1-17-8-10-20(11-9-17)26-30-27(36-31-26)24-18(2)32(21-6-5-7-23(16-21)35-4)28(33)29-25(24)19-12-14-22(34-3)15-13-19/h5-16,25H,1-4H3,(H,29,33). The lowest BCUT2D eigenvalue weighted by molar-refractivity contribution is 0.244. The van der Waals surface area contributed by atoms with Gasteiger partial charge in [0, 0.05) is 17.3 Å². The van der Waals surface area contributed by atoms with Gasteiger partial charge >= 0.3 is 6.03 Å². The minimum Gasteiger partial charge on any atom is -0.497 e. The average Bonchev–Trinajstić information content (AvgIpc) is 3.38. The molecule has 8 heteroatoms. The van der Waals surface area contributed by atoms with Crippen molar-refractivity contribution < 1.29 is 18.8 Å². The van der Waals surface area contributed by atoms with Crippen LogP contribution in [0.3, 0.4) is 0 Å². The molecule has 5 rings (SSSR count). The summed E-state index contributed by atoms with van der Waals surface area (Å²) in [7, 11) is 3.21. The second kappa shape index (κ2) is 9.58. The molecule has 1 N–H and O–H groups in total. The Morgan fingerprint density at radius 3 is 2.33 bits per heavy atom. The molecule has 182 valence electrons. The number of ether oxygens (including phenoxy) is 2. The molecule has 1 atom stereocenters. The van der Waals surface area contributed by atoms with E-state index in [4.69, 9.17) is 19.0 Å². The van der Waals surface area contributed by atoms with E-state index in [1.165, 1.54) is 0 Å². The van der Waals surface area contributed by atoms with Crippen molar-refractivity contribution in [2.75, 3.05) is 19.1 Å². The number of carbonyl (C=O) groups excluding carboxylic acids is 1. The summed E-state index contributed by atoms with van der Waals surface area (Å²) >= 11 is 0. The Labute approximate surface area is 209 Å². The van der Waals surface area contributed by atoms with Gasteiger partial charge in [0.05, 0.1) is 31.5 Å². The van der Waals surface area contributed by atoms with E-state index in [9.17, 15) is 4.79 Å². The van der Waals surface area contributed by atoms with Crippen LogP contribution in [0.2, 0.25) is 0 Å². The van der Waals surface area contributed by atoms with Gasteiger partial charge in [-0.2, -0.15) is 4.98 Å². The van der Waals surface area contributed by atoms with Crippen LogP contribution in [0.25, 0.3) is 17.0 Å². The number of anilines is 1. The van der Waals surface area contributed by atoms with E-state index in [1.807, 2.05) is 80.6 Å². The zero-order valence-electron chi connectivity index (χ0n) is 20.5. The molecule has 3 aromatic carbocycles. The van der Waals surface area contributed by atoms with Gasteiger partial charge in [0.1, 0.15) is 11.5 Å². The summed E-state index contributed by atoms with van der Waals surface area (Å²) in [5, 5.41) is 7.35. The third-order valence-corrected chi connectivity index (χ3v) is 6.21. The fraction of sp³-hybridized carbons (Fsp3) is 0.179. The fourth-order valence-corrected chi connectivity index (χ4v) is 4.28. The maximum Gasteiger partial charge on any atom is 0.327 e. The summed E-state index contributed by atoms with van der Waals surface area (Å²) in [5.74, 6) is 2.17. The minimum atomic E-state index is -0.503. The van der Waals surface area contributed by atoms with Crippen LogP contribution in [0.5, 0.6) is 11.5 Å². The van der Waals surface area contributed by atoms with Gasteiger partial charge in [0.2, 0.25) is 5.82 Å². The van der Waals surface area contributed by atoms with Gasteiger partial charge in [-0.1, -0.05) is 53.2 Å². The van der Waals surface area contributed by atoms with Crippen molar-refractivity contribution in [2.45, 2.75) is 19.9 Å². The molecule has 0 saturated carbocycles. The van der Waals surface area contributed by atoms with E-state index in [-0.39, 0.29) is 6.03 Å². The summed E-state index contributed by atoms with van der Waals surface area (Å²) in [6.07, 6.45) is 0. The van der Waals surface area contributed by atoms with Crippen molar-refractivity contribution in [1.82, 2.24) is 15.5 Å². The number of allylic oxidation sites excluding steroid dienone is 1. The van der Waals surface area contributed by atoms with Crippen LogP contribution in [-0.2, 0) is 0 Å². The second-order valence-electron chi connectivity index (χ2n) is 8.48. The van der Waals surface area contributed by atoms with Crippen molar-refractivity contribution >= 4 is 17.3 Å². The van der Waals surface area contributed by atoms with E-state index >= 15 is 0 Å². The number of methoxy groups -OCH3 is 2. The molecule has 0 spiro atoms. The lowest BCUT2D eigenvalue weighted by Gasteiger charge is -2.35. The van der Waals surface area contributed by atoms with Crippen molar-refractivity contribution in [3.63, 3.8) is 0 Å². The lowest BCUT2D eigenvalue weighted by atomic mass is 9.94. The molecule has 0 bridgehead atoms. The quantitative estimate of drug-likeness (QED) is 0.376.